The number of methoxy groups -OCH3 is 3. The van der Waals surface area contributed by atoms with E-state index < -0.39 is 36.2 Å². The molecule has 0 fully saturated rings. The summed E-state index contributed by atoms with van der Waals surface area (Å²) in [6.07, 6.45) is -2.74. The highest BCUT2D eigenvalue weighted by atomic mass is 16.7. The molecule has 0 saturated carbocycles. The van der Waals surface area contributed by atoms with Crippen LogP contribution in [0.4, 0.5) is 31.4 Å². The molecule has 0 heterocycles. The van der Waals surface area contributed by atoms with Gasteiger partial charge in [0, 0.05) is 33.8 Å². The molecule has 246 valence electrons. The van der Waals surface area contributed by atoms with Crippen LogP contribution in [-0.2, 0) is 14.2 Å². The van der Waals surface area contributed by atoms with Crippen molar-refractivity contribution in [3.8, 4) is 17.2 Å². The van der Waals surface area contributed by atoms with Gasteiger partial charge in [-0.05, 0) is 91.0 Å². The van der Waals surface area contributed by atoms with Gasteiger partial charge < -0.3 is 44.4 Å². The maximum Gasteiger partial charge on any atom is 0.513 e. The molecule has 15 nitrogen and oxygen atoms in total. The minimum absolute atomic E-state index is 0.0358. The monoisotopic (exact) mass is 657 g/mol. The van der Waals surface area contributed by atoms with E-state index in [-0.39, 0.29) is 33.9 Å². The number of ether oxygens (including phenoxy) is 6. The predicted octanol–water partition coefficient (Wildman–Crippen LogP) is 5.88. The molecular formula is C33H27N3O12. The predicted molar refractivity (Wildman–Crippen MR) is 169 cm³/mol. The van der Waals surface area contributed by atoms with Crippen LogP contribution >= 0.6 is 0 Å². The van der Waals surface area contributed by atoms with E-state index in [0.29, 0.717) is 17.1 Å². The van der Waals surface area contributed by atoms with E-state index in [1.54, 1.807) is 0 Å². The average Bonchev–Trinajstić information content (AvgIpc) is 3.10. The van der Waals surface area contributed by atoms with Crippen LogP contribution in [0.5, 0.6) is 17.2 Å². The molecule has 0 radical (unpaired) electrons. The molecule has 4 aromatic carbocycles. The van der Waals surface area contributed by atoms with Crippen molar-refractivity contribution in [2.45, 2.75) is 0 Å². The van der Waals surface area contributed by atoms with E-state index in [2.05, 4.69) is 30.2 Å². The number of carbonyl (C=O) groups is 6. The van der Waals surface area contributed by atoms with Crippen molar-refractivity contribution in [1.82, 2.24) is 0 Å². The van der Waals surface area contributed by atoms with Crippen LogP contribution in [0.25, 0.3) is 0 Å². The minimum Gasteiger partial charge on any atom is -0.437 e. The molecule has 48 heavy (non-hydrogen) atoms. The maximum absolute atomic E-state index is 13.3. The molecule has 0 aliphatic rings. The molecular weight excluding hydrogens is 630 g/mol. The number of benzene rings is 4. The van der Waals surface area contributed by atoms with Crippen LogP contribution in [-0.4, -0.2) is 57.5 Å². The van der Waals surface area contributed by atoms with Crippen LogP contribution in [0.1, 0.15) is 31.1 Å². The molecule has 15 heteroatoms. The fourth-order valence-electron chi connectivity index (χ4n) is 3.86. The molecule has 0 aromatic heterocycles. The van der Waals surface area contributed by atoms with Crippen LogP contribution in [0.15, 0.2) is 91.0 Å². The van der Waals surface area contributed by atoms with Crippen molar-refractivity contribution in [1.29, 1.82) is 0 Å². The second-order valence-corrected chi connectivity index (χ2v) is 9.40. The second kappa shape index (κ2) is 15.9. The number of hydrogen-bond donors (Lipinski definition) is 3. The van der Waals surface area contributed by atoms with Gasteiger partial charge in [0.15, 0.2) is 0 Å². The van der Waals surface area contributed by atoms with Crippen LogP contribution in [0, 0.1) is 0 Å². The summed E-state index contributed by atoms with van der Waals surface area (Å²) in [4.78, 5) is 73.9. The molecule has 0 aliphatic carbocycles. The first kappa shape index (κ1) is 34.0. The first-order valence-electron chi connectivity index (χ1n) is 13.7. The Kier molecular flexibility index (Phi) is 11.3. The number of amides is 3. The molecule has 0 saturated heterocycles. The zero-order chi connectivity index (χ0) is 34.6. The molecule has 4 rings (SSSR count). The maximum atomic E-state index is 13.3. The van der Waals surface area contributed by atoms with Gasteiger partial charge in [0.1, 0.15) is 17.2 Å². The molecule has 3 amide bonds. The molecule has 0 spiro atoms. The van der Waals surface area contributed by atoms with E-state index in [1.165, 1.54) is 91.0 Å². The number of hydrogen-bond acceptors (Lipinski definition) is 12. The number of rotatable bonds is 9. The van der Waals surface area contributed by atoms with E-state index in [4.69, 9.17) is 14.2 Å². The summed E-state index contributed by atoms with van der Waals surface area (Å²) in [5.74, 6) is -1.45. The highest BCUT2D eigenvalue weighted by Gasteiger charge is 2.18. The summed E-state index contributed by atoms with van der Waals surface area (Å²) < 4.78 is 28.1. The molecule has 0 aliphatic heterocycles. The lowest BCUT2D eigenvalue weighted by Crippen LogP contribution is -2.19. The van der Waals surface area contributed by atoms with Crippen LogP contribution < -0.4 is 30.2 Å². The van der Waals surface area contributed by atoms with E-state index in [9.17, 15) is 28.8 Å². The normalized spacial score (nSPS) is 10.1. The van der Waals surface area contributed by atoms with Gasteiger partial charge in [-0.3, -0.25) is 14.4 Å². The Morgan fingerprint density at radius 3 is 0.833 bits per heavy atom. The Morgan fingerprint density at radius 2 is 0.625 bits per heavy atom. The third-order valence-corrected chi connectivity index (χ3v) is 6.16. The van der Waals surface area contributed by atoms with Gasteiger partial charge in [-0.2, -0.15) is 0 Å². The summed E-state index contributed by atoms with van der Waals surface area (Å²) in [7, 11) is 3.49. The summed E-state index contributed by atoms with van der Waals surface area (Å²) >= 11 is 0. The smallest absolute Gasteiger partial charge is 0.437 e. The van der Waals surface area contributed by atoms with Crippen molar-refractivity contribution in [3.05, 3.63) is 108 Å². The van der Waals surface area contributed by atoms with Gasteiger partial charge in [-0.15, -0.1) is 0 Å². The average molecular weight is 658 g/mol. The topological polar surface area (TPSA) is 194 Å². The quantitative estimate of drug-likeness (QED) is 0.110. The highest BCUT2D eigenvalue weighted by molar-refractivity contribution is 6.13. The van der Waals surface area contributed by atoms with Crippen molar-refractivity contribution >= 4 is 53.2 Å². The fourth-order valence-corrected chi connectivity index (χ4v) is 3.86. The van der Waals surface area contributed by atoms with Gasteiger partial charge in [-0.25, -0.2) is 14.4 Å². The van der Waals surface area contributed by atoms with E-state index in [0.717, 1.165) is 21.3 Å². The Morgan fingerprint density at radius 1 is 0.396 bits per heavy atom. The van der Waals surface area contributed by atoms with Crippen LogP contribution in [0.2, 0.25) is 0 Å². The van der Waals surface area contributed by atoms with Crippen molar-refractivity contribution in [3.63, 3.8) is 0 Å². The Bertz CT molecular complexity index is 1600. The van der Waals surface area contributed by atoms with Gasteiger partial charge >= 0.3 is 18.5 Å². The zero-order valence-electron chi connectivity index (χ0n) is 25.6. The molecule has 0 atom stereocenters. The van der Waals surface area contributed by atoms with Gasteiger partial charge in [0.25, 0.3) is 17.7 Å². The minimum atomic E-state index is -0.913. The van der Waals surface area contributed by atoms with Gasteiger partial charge in [0.05, 0.1) is 21.3 Å². The Hall–Kier alpha value is -6.90. The summed E-state index contributed by atoms with van der Waals surface area (Å²) in [6.45, 7) is 0. The second-order valence-electron chi connectivity index (χ2n) is 9.40. The highest BCUT2D eigenvalue weighted by Crippen LogP contribution is 2.22. The number of carbonyl (C=O) groups excluding carboxylic acids is 6. The SMILES string of the molecule is COC(=O)Oc1ccc(NC(=O)c2cc(C(=O)Nc3ccc(OC(=O)OC)cc3)cc(C(=O)Nc3ccc(OC(=O)OC)cc3)c2)cc1. The van der Waals surface area contributed by atoms with Gasteiger partial charge in [0.2, 0.25) is 0 Å². The lowest BCUT2D eigenvalue weighted by atomic mass is 10.0. The molecule has 0 bridgehead atoms. The lowest BCUT2D eigenvalue weighted by molar-refractivity contribution is 0.102. The Balaban J connectivity index is 1.57. The number of anilines is 3. The summed E-state index contributed by atoms with van der Waals surface area (Å²) in [5, 5.41) is 7.98. The lowest BCUT2D eigenvalue weighted by Gasteiger charge is -2.12. The van der Waals surface area contributed by atoms with E-state index in [1.807, 2.05) is 0 Å². The molecule has 0 unspecified atom stereocenters. The van der Waals surface area contributed by atoms with Crippen molar-refractivity contribution in [2.24, 2.45) is 0 Å². The first-order chi connectivity index (χ1) is 23.1. The summed E-state index contributed by atoms with van der Waals surface area (Å²) in [5.41, 5.74) is 0.855. The summed E-state index contributed by atoms with van der Waals surface area (Å²) in [6, 6.07) is 21.3. The number of nitrogens with one attached hydrogen (secondary N) is 3. The van der Waals surface area contributed by atoms with Crippen LogP contribution in [0.3, 0.4) is 0 Å². The third-order valence-electron chi connectivity index (χ3n) is 6.16. The molecule has 4 aromatic rings. The third kappa shape index (κ3) is 9.55. The zero-order valence-corrected chi connectivity index (χ0v) is 25.6. The van der Waals surface area contributed by atoms with Crippen molar-refractivity contribution < 1.29 is 57.2 Å². The fraction of sp³-hybridized carbons (Fsp3) is 0.0909. The first-order valence-corrected chi connectivity index (χ1v) is 13.7. The van der Waals surface area contributed by atoms with Crippen molar-refractivity contribution in [2.75, 3.05) is 37.3 Å². The van der Waals surface area contributed by atoms with Gasteiger partial charge in [-0.1, -0.05) is 0 Å². The van der Waals surface area contributed by atoms with E-state index >= 15 is 0 Å². The molecule has 3 N–H and O–H groups in total. The standard InChI is InChI=1S/C33H27N3O12/c1-43-31(40)46-25-10-4-22(5-11-25)34-28(37)19-16-20(29(38)35-23-6-12-26(13-7-23)47-32(41)44-2)18-21(17-19)30(39)36-24-8-14-27(15-9-24)48-33(42)45-3/h4-18H,1-3H3,(H,34,37)(H,35,38)(H,36,39). The largest absolute Gasteiger partial charge is 0.513 e. The Labute approximate surface area is 272 Å².